The van der Waals surface area contributed by atoms with Crippen LogP contribution in [0.1, 0.15) is 0 Å². The van der Waals surface area contributed by atoms with Crippen molar-refractivity contribution in [2.45, 2.75) is 0 Å². The van der Waals surface area contributed by atoms with Crippen molar-refractivity contribution < 1.29 is 8.78 Å². The second-order valence-corrected chi connectivity index (χ2v) is 3.45. The Labute approximate surface area is 84.3 Å². The molecule has 0 radical (unpaired) electrons. The molecule has 3 aromatic rings. The summed E-state index contributed by atoms with van der Waals surface area (Å²) in [5.41, 5.74) is 1.05. The molecule has 0 unspecified atom stereocenters. The van der Waals surface area contributed by atoms with Crippen molar-refractivity contribution in [1.29, 1.82) is 0 Å². The third kappa shape index (κ3) is 1.06. The number of aromatic nitrogens is 1. The van der Waals surface area contributed by atoms with Gasteiger partial charge in [0, 0.05) is 16.3 Å². The van der Waals surface area contributed by atoms with E-state index in [2.05, 4.69) is 4.98 Å². The molecule has 74 valence electrons. The SMILES string of the molecule is Fc1ccc2c([nH]c3ccccc32)c1F. The van der Waals surface area contributed by atoms with Crippen molar-refractivity contribution in [1.82, 2.24) is 4.98 Å². The van der Waals surface area contributed by atoms with Gasteiger partial charge in [-0.2, -0.15) is 0 Å². The Kier molecular flexibility index (Phi) is 1.57. The molecule has 0 fully saturated rings. The summed E-state index contributed by atoms with van der Waals surface area (Å²) in [5.74, 6) is -1.64. The molecule has 3 heteroatoms. The van der Waals surface area contributed by atoms with E-state index < -0.39 is 11.6 Å². The Morgan fingerprint density at radius 2 is 1.67 bits per heavy atom. The lowest BCUT2D eigenvalue weighted by Crippen LogP contribution is -1.83. The number of hydrogen-bond donors (Lipinski definition) is 1. The third-order valence-corrected chi connectivity index (χ3v) is 2.57. The molecule has 0 aliphatic rings. The zero-order chi connectivity index (χ0) is 10.4. The summed E-state index contributed by atoms with van der Waals surface area (Å²) in [7, 11) is 0. The molecule has 1 N–H and O–H groups in total. The van der Waals surface area contributed by atoms with E-state index in [1.807, 2.05) is 24.3 Å². The Hall–Kier alpha value is -1.90. The highest BCUT2D eigenvalue weighted by atomic mass is 19.2. The van der Waals surface area contributed by atoms with E-state index in [1.165, 1.54) is 0 Å². The van der Waals surface area contributed by atoms with Crippen molar-refractivity contribution >= 4 is 21.8 Å². The Balaban J connectivity index is 2.60. The van der Waals surface area contributed by atoms with Gasteiger partial charge in [-0.25, -0.2) is 8.78 Å². The number of aromatic amines is 1. The van der Waals surface area contributed by atoms with Crippen LogP contribution in [0.4, 0.5) is 8.78 Å². The lowest BCUT2D eigenvalue weighted by molar-refractivity contribution is 0.516. The minimum Gasteiger partial charge on any atom is -0.352 e. The lowest BCUT2D eigenvalue weighted by atomic mass is 10.1. The molecule has 0 aliphatic heterocycles. The van der Waals surface area contributed by atoms with Crippen molar-refractivity contribution in [3.63, 3.8) is 0 Å². The second kappa shape index (κ2) is 2.79. The van der Waals surface area contributed by atoms with Gasteiger partial charge in [-0.1, -0.05) is 18.2 Å². The number of hydrogen-bond acceptors (Lipinski definition) is 0. The highest BCUT2D eigenvalue weighted by Crippen LogP contribution is 2.27. The van der Waals surface area contributed by atoms with Gasteiger partial charge in [0.15, 0.2) is 11.6 Å². The van der Waals surface area contributed by atoms with E-state index >= 15 is 0 Å². The highest BCUT2D eigenvalue weighted by molar-refractivity contribution is 6.07. The average molecular weight is 203 g/mol. The van der Waals surface area contributed by atoms with E-state index in [1.54, 1.807) is 6.07 Å². The minimum atomic E-state index is -0.825. The minimum absolute atomic E-state index is 0.233. The van der Waals surface area contributed by atoms with E-state index in [0.717, 1.165) is 17.0 Å². The first-order valence-corrected chi connectivity index (χ1v) is 4.62. The van der Waals surface area contributed by atoms with Gasteiger partial charge >= 0.3 is 0 Å². The molecule has 15 heavy (non-hydrogen) atoms. The summed E-state index contributed by atoms with van der Waals surface area (Å²) in [4.78, 5) is 2.87. The summed E-state index contributed by atoms with van der Waals surface area (Å²) in [6, 6.07) is 10.2. The number of H-pyrrole nitrogens is 1. The van der Waals surface area contributed by atoms with Crippen LogP contribution in [0.5, 0.6) is 0 Å². The first-order chi connectivity index (χ1) is 7.27. The molecule has 1 aromatic heterocycles. The molecular formula is C12H7F2N. The number of fused-ring (bicyclic) bond motifs is 3. The molecule has 2 aromatic carbocycles. The first-order valence-electron chi connectivity index (χ1n) is 4.62. The molecule has 1 heterocycles. The van der Waals surface area contributed by atoms with E-state index in [4.69, 9.17) is 0 Å². The maximum absolute atomic E-state index is 13.4. The molecule has 0 saturated heterocycles. The Bertz CT molecular complexity index is 655. The van der Waals surface area contributed by atoms with Crippen LogP contribution < -0.4 is 0 Å². The summed E-state index contributed by atoms with van der Waals surface area (Å²) < 4.78 is 26.4. The summed E-state index contributed by atoms with van der Waals surface area (Å²) >= 11 is 0. The zero-order valence-electron chi connectivity index (χ0n) is 7.72. The van der Waals surface area contributed by atoms with Gasteiger partial charge in [-0.15, -0.1) is 0 Å². The van der Waals surface area contributed by atoms with Gasteiger partial charge in [0.1, 0.15) is 0 Å². The smallest absolute Gasteiger partial charge is 0.182 e. The molecule has 0 aliphatic carbocycles. The molecular weight excluding hydrogens is 196 g/mol. The van der Waals surface area contributed by atoms with Gasteiger partial charge in [0.05, 0.1) is 5.52 Å². The molecule has 0 spiro atoms. The zero-order valence-corrected chi connectivity index (χ0v) is 7.72. The maximum atomic E-state index is 13.4. The van der Waals surface area contributed by atoms with Gasteiger partial charge in [0.25, 0.3) is 0 Å². The average Bonchev–Trinajstić information content (AvgIpc) is 2.63. The molecule has 0 saturated carbocycles. The van der Waals surface area contributed by atoms with Crippen LogP contribution in [-0.2, 0) is 0 Å². The van der Waals surface area contributed by atoms with Crippen LogP contribution >= 0.6 is 0 Å². The predicted octanol–water partition coefficient (Wildman–Crippen LogP) is 3.60. The number of rotatable bonds is 0. The largest absolute Gasteiger partial charge is 0.352 e. The number of para-hydroxylation sites is 1. The Morgan fingerprint density at radius 1 is 0.867 bits per heavy atom. The normalized spacial score (nSPS) is 11.3. The number of nitrogens with one attached hydrogen (secondary N) is 1. The fraction of sp³-hybridized carbons (Fsp3) is 0. The van der Waals surface area contributed by atoms with Crippen molar-refractivity contribution in [3.05, 3.63) is 48.0 Å². The lowest BCUT2D eigenvalue weighted by Gasteiger charge is -1.93. The van der Waals surface area contributed by atoms with Gasteiger partial charge < -0.3 is 4.98 Å². The van der Waals surface area contributed by atoms with Crippen LogP contribution in [-0.4, -0.2) is 4.98 Å². The topological polar surface area (TPSA) is 15.8 Å². The van der Waals surface area contributed by atoms with Gasteiger partial charge in [-0.3, -0.25) is 0 Å². The standard InChI is InChI=1S/C12H7F2N/c13-9-6-5-8-7-3-1-2-4-10(7)15-12(8)11(9)14/h1-6,15H. The van der Waals surface area contributed by atoms with Crippen LogP contribution in [0, 0.1) is 11.6 Å². The third-order valence-electron chi connectivity index (χ3n) is 2.57. The maximum Gasteiger partial charge on any atom is 0.182 e. The monoisotopic (exact) mass is 203 g/mol. The molecule has 0 atom stereocenters. The summed E-state index contributed by atoms with van der Waals surface area (Å²) in [6.07, 6.45) is 0. The van der Waals surface area contributed by atoms with Gasteiger partial charge in [-0.05, 0) is 18.2 Å². The quantitative estimate of drug-likeness (QED) is 0.574. The predicted molar refractivity (Wildman–Crippen MR) is 55.7 cm³/mol. The second-order valence-electron chi connectivity index (χ2n) is 3.45. The highest BCUT2D eigenvalue weighted by Gasteiger charge is 2.11. The Morgan fingerprint density at radius 3 is 2.53 bits per heavy atom. The first kappa shape index (κ1) is 8.41. The van der Waals surface area contributed by atoms with Crippen molar-refractivity contribution in [3.8, 4) is 0 Å². The fourth-order valence-electron chi connectivity index (χ4n) is 1.86. The summed E-state index contributed by atoms with van der Waals surface area (Å²) in [5, 5.41) is 1.62. The van der Waals surface area contributed by atoms with E-state index in [0.29, 0.717) is 5.39 Å². The number of benzene rings is 2. The van der Waals surface area contributed by atoms with E-state index in [9.17, 15) is 8.78 Å². The molecule has 3 rings (SSSR count). The molecule has 1 nitrogen and oxygen atoms in total. The van der Waals surface area contributed by atoms with Crippen LogP contribution in [0.3, 0.4) is 0 Å². The molecule has 0 amide bonds. The van der Waals surface area contributed by atoms with Crippen LogP contribution in [0.25, 0.3) is 21.8 Å². The summed E-state index contributed by atoms with van der Waals surface area (Å²) in [6.45, 7) is 0. The van der Waals surface area contributed by atoms with Crippen LogP contribution in [0.2, 0.25) is 0 Å². The van der Waals surface area contributed by atoms with Gasteiger partial charge in [0.2, 0.25) is 0 Å². The molecule has 0 bridgehead atoms. The van der Waals surface area contributed by atoms with E-state index in [-0.39, 0.29) is 5.52 Å². The van der Waals surface area contributed by atoms with Crippen molar-refractivity contribution in [2.75, 3.05) is 0 Å². The fourth-order valence-corrected chi connectivity index (χ4v) is 1.86. The number of halogens is 2. The van der Waals surface area contributed by atoms with Crippen molar-refractivity contribution in [2.24, 2.45) is 0 Å². The van der Waals surface area contributed by atoms with Crippen LogP contribution in [0.15, 0.2) is 36.4 Å².